The van der Waals surface area contributed by atoms with Gasteiger partial charge in [-0.2, -0.15) is 17.0 Å². The number of thioether (sulfide) groups is 1. The Morgan fingerprint density at radius 2 is 1.75 bits per heavy atom. The van der Waals surface area contributed by atoms with Gasteiger partial charge >= 0.3 is 0 Å². The van der Waals surface area contributed by atoms with E-state index in [0.717, 1.165) is 28.2 Å². The molecule has 0 spiro atoms. The Balaban J connectivity index is 1.64. The average molecular weight is 552 g/mol. The van der Waals surface area contributed by atoms with Crippen LogP contribution < -0.4 is 10.6 Å². The molecule has 0 saturated carbocycles. The van der Waals surface area contributed by atoms with Gasteiger partial charge in [0, 0.05) is 29.2 Å². The highest BCUT2D eigenvalue weighted by Crippen LogP contribution is 2.51. The maximum atomic E-state index is 15.1. The van der Waals surface area contributed by atoms with E-state index in [-0.39, 0.29) is 28.3 Å². The zero-order valence-electron chi connectivity index (χ0n) is 23.4. The molecule has 0 aromatic heterocycles. The SMILES string of the molecule is Cc1cc(CSCc2ccccc2)c(C)c(C2C(C#N)=C(N)N(c3ccccc3F)C3=C2C(=O)CC(C)(C)C3)c1. The molecule has 0 amide bonds. The number of aryl methyl sites for hydroxylation is 1. The van der Waals surface area contributed by atoms with Crippen LogP contribution in [0.2, 0.25) is 0 Å². The summed E-state index contributed by atoms with van der Waals surface area (Å²) in [5.41, 5.74) is 13.7. The van der Waals surface area contributed by atoms with Crippen LogP contribution in [0.4, 0.5) is 10.1 Å². The van der Waals surface area contributed by atoms with Gasteiger partial charge in [0.2, 0.25) is 0 Å². The Bertz CT molecular complexity index is 1580. The van der Waals surface area contributed by atoms with Gasteiger partial charge < -0.3 is 5.73 Å². The molecular weight excluding hydrogens is 517 g/mol. The molecule has 1 aliphatic heterocycles. The van der Waals surface area contributed by atoms with E-state index in [0.29, 0.717) is 24.1 Å². The molecule has 2 N–H and O–H groups in total. The van der Waals surface area contributed by atoms with E-state index in [1.165, 1.54) is 17.2 Å². The number of carbonyl (C=O) groups is 1. The zero-order valence-corrected chi connectivity index (χ0v) is 24.2. The summed E-state index contributed by atoms with van der Waals surface area (Å²) in [6, 6.07) is 23.3. The number of Topliss-reactive ketones (excluding diaryl/α,β-unsaturated/α-hetero) is 1. The summed E-state index contributed by atoms with van der Waals surface area (Å²) in [5.74, 6) is 0.820. The summed E-state index contributed by atoms with van der Waals surface area (Å²) in [5, 5.41) is 10.5. The van der Waals surface area contributed by atoms with Crippen molar-refractivity contribution >= 4 is 23.2 Å². The first-order valence-corrected chi connectivity index (χ1v) is 14.7. The highest BCUT2D eigenvalue weighted by atomic mass is 32.2. The van der Waals surface area contributed by atoms with E-state index < -0.39 is 11.7 Å². The van der Waals surface area contributed by atoms with Crippen LogP contribution in [-0.4, -0.2) is 5.78 Å². The van der Waals surface area contributed by atoms with E-state index in [4.69, 9.17) is 5.73 Å². The Kier molecular flexibility index (Phi) is 7.61. The van der Waals surface area contributed by atoms with Crippen molar-refractivity contribution < 1.29 is 9.18 Å². The number of nitriles is 1. The molecule has 0 radical (unpaired) electrons. The third kappa shape index (κ3) is 5.19. The lowest BCUT2D eigenvalue weighted by molar-refractivity contribution is -0.118. The molecule has 4 nitrogen and oxygen atoms in total. The van der Waals surface area contributed by atoms with Crippen molar-refractivity contribution in [3.05, 3.63) is 123 Å². The molecule has 1 atom stereocenters. The standard InChI is InChI=1S/C34H34FN3OS/c1-21-14-24(20-40-19-23-10-6-5-7-11-23)22(2)25(15-21)31-26(18-36)33(37)38(28-13-9-8-12-27(28)35)29-16-34(3,4)17-30(39)32(29)31/h5-15,31H,16-17,19-20,37H2,1-4H3. The van der Waals surface area contributed by atoms with Crippen LogP contribution in [0.5, 0.6) is 0 Å². The number of rotatable bonds is 6. The average Bonchev–Trinajstić information content (AvgIpc) is 2.90. The first-order chi connectivity index (χ1) is 19.1. The molecular formula is C34H34FN3OS. The van der Waals surface area contributed by atoms with Gasteiger partial charge in [0.15, 0.2) is 5.78 Å². The van der Waals surface area contributed by atoms with Crippen molar-refractivity contribution in [3.63, 3.8) is 0 Å². The smallest absolute Gasteiger partial charge is 0.162 e. The number of benzene rings is 3. The fourth-order valence-electron chi connectivity index (χ4n) is 5.99. The predicted molar refractivity (Wildman–Crippen MR) is 161 cm³/mol. The molecule has 0 saturated heterocycles. The summed E-state index contributed by atoms with van der Waals surface area (Å²) >= 11 is 1.84. The first-order valence-electron chi connectivity index (χ1n) is 13.5. The van der Waals surface area contributed by atoms with Crippen molar-refractivity contribution in [1.29, 1.82) is 5.26 Å². The lowest BCUT2D eigenvalue weighted by Gasteiger charge is -2.44. The number of nitrogens with zero attached hydrogens (tertiary/aromatic N) is 2. The highest BCUT2D eigenvalue weighted by Gasteiger charge is 2.45. The number of para-hydroxylation sites is 1. The minimum absolute atomic E-state index is 0.0150. The topological polar surface area (TPSA) is 70.1 Å². The Morgan fingerprint density at radius 1 is 1.05 bits per heavy atom. The van der Waals surface area contributed by atoms with Crippen molar-refractivity contribution in [1.82, 2.24) is 0 Å². The molecule has 0 fully saturated rings. The second kappa shape index (κ2) is 11.0. The summed E-state index contributed by atoms with van der Waals surface area (Å²) in [7, 11) is 0. The van der Waals surface area contributed by atoms with Crippen LogP contribution in [0.3, 0.4) is 0 Å². The van der Waals surface area contributed by atoms with E-state index in [1.807, 2.05) is 50.7 Å². The summed E-state index contributed by atoms with van der Waals surface area (Å²) in [6.07, 6.45) is 0.902. The molecule has 5 rings (SSSR count). The molecule has 3 aromatic rings. The minimum atomic E-state index is -0.593. The fourth-order valence-corrected chi connectivity index (χ4v) is 7.04. The monoisotopic (exact) mass is 551 g/mol. The number of allylic oxidation sites excluding steroid dienone is 3. The molecule has 6 heteroatoms. The molecule has 1 unspecified atom stereocenters. The molecule has 0 bridgehead atoms. The number of nitrogens with two attached hydrogens (primary N) is 1. The largest absolute Gasteiger partial charge is 0.384 e. The third-order valence-electron chi connectivity index (χ3n) is 7.85. The predicted octanol–water partition coefficient (Wildman–Crippen LogP) is 7.82. The lowest BCUT2D eigenvalue weighted by Crippen LogP contribution is -2.42. The van der Waals surface area contributed by atoms with Gasteiger partial charge in [-0.25, -0.2) is 4.39 Å². The zero-order chi connectivity index (χ0) is 28.6. The molecule has 204 valence electrons. The number of hydrogen-bond acceptors (Lipinski definition) is 5. The minimum Gasteiger partial charge on any atom is -0.384 e. The van der Waals surface area contributed by atoms with Crippen LogP contribution in [-0.2, 0) is 16.3 Å². The first kappa shape index (κ1) is 27.7. The van der Waals surface area contributed by atoms with Crippen LogP contribution in [0.15, 0.2) is 89.4 Å². The molecule has 3 aromatic carbocycles. The van der Waals surface area contributed by atoms with Gasteiger partial charge in [0.25, 0.3) is 0 Å². The van der Waals surface area contributed by atoms with Gasteiger partial charge in [-0.05, 0) is 60.1 Å². The maximum absolute atomic E-state index is 15.1. The number of ketones is 1. The molecule has 1 aliphatic carbocycles. The Morgan fingerprint density at radius 3 is 2.45 bits per heavy atom. The van der Waals surface area contributed by atoms with E-state index in [2.05, 4.69) is 37.3 Å². The maximum Gasteiger partial charge on any atom is 0.162 e. The fraction of sp³-hybridized carbons (Fsp3) is 0.294. The second-order valence-corrected chi connectivity index (χ2v) is 12.5. The van der Waals surface area contributed by atoms with Crippen molar-refractivity contribution in [2.45, 2.75) is 58.0 Å². The van der Waals surface area contributed by atoms with Gasteiger partial charge in [-0.15, -0.1) is 0 Å². The van der Waals surface area contributed by atoms with Gasteiger partial charge in [0.05, 0.1) is 23.2 Å². The third-order valence-corrected chi connectivity index (χ3v) is 8.91. The van der Waals surface area contributed by atoms with Crippen LogP contribution in [0.25, 0.3) is 0 Å². The molecule has 40 heavy (non-hydrogen) atoms. The Labute approximate surface area is 240 Å². The number of halogens is 1. The Hall–Kier alpha value is -3.82. The normalized spacial score (nSPS) is 18.6. The summed E-state index contributed by atoms with van der Waals surface area (Å²) in [6.45, 7) is 8.20. The number of carbonyl (C=O) groups excluding carboxylic acids is 1. The van der Waals surface area contributed by atoms with E-state index >= 15 is 4.39 Å². The van der Waals surface area contributed by atoms with Crippen LogP contribution in [0.1, 0.15) is 60.4 Å². The second-order valence-electron chi connectivity index (χ2n) is 11.5. The van der Waals surface area contributed by atoms with Gasteiger partial charge in [-0.3, -0.25) is 9.69 Å². The lowest BCUT2D eigenvalue weighted by atomic mass is 9.68. The van der Waals surface area contributed by atoms with E-state index in [1.54, 1.807) is 23.1 Å². The summed E-state index contributed by atoms with van der Waals surface area (Å²) in [4.78, 5) is 15.5. The van der Waals surface area contributed by atoms with Gasteiger partial charge in [0.1, 0.15) is 11.6 Å². The molecule has 1 heterocycles. The highest BCUT2D eigenvalue weighted by molar-refractivity contribution is 7.97. The molecule has 2 aliphatic rings. The quantitative estimate of drug-likeness (QED) is 0.338. The van der Waals surface area contributed by atoms with Crippen molar-refractivity contribution in [2.75, 3.05) is 4.90 Å². The van der Waals surface area contributed by atoms with Gasteiger partial charge in [-0.1, -0.05) is 74.0 Å². The number of hydrogen-bond donors (Lipinski definition) is 1. The van der Waals surface area contributed by atoms with Crippen LogP contribution in [0, 0.1) is 36.4 Å². The van der Waals surface area contributed by atoms with Crippen molar-refractivity contribution in [2.24, 2.45) is 11.1 Å². The van der Waals surface area contributed by atoms with Crippen molar-refractivity contribution in [3.8, 4) is 6.07 Å². The van der Waals surface area contributed by atoms with Crippen LogP contribution >= 0.6 is 11.8 Å². The van der Waals surface area contributed by atoms with E-state index in [9.17, 15) is 10.1 Å². The number of anilines is 1. The summed E-state index contributed by atoms with van der Waals surface area (Å²) < 4.78 is 15.1.